The third-order valence-electron chi connectivity index (χ3n) is 0. The fourth-order valence-corrected chi connectivity index (χ4v) is 0. The molecule has 46 valence electrons. The summed E-state index contributed by atoms with van der Waals surface area (Å²) in [6.45, 7) is 0. The molecular weight excluding hydrogens is 175 g/mol. The largest absolute Gasteiger partial charge is 0.412 e. The Hall–Kier alpha value is 1.68. The Morgan fingerprint density at radius 2 is 0.714 bits per heavy atom. The van der Waals surface area contributed by atoms with E-state index in [0.717, 1.165) is 0 Å². The van der Waals surface area contributed by atoms with Crippen LogP contribution in [0.25, 0.3) is 0 Å². The van der Waals surface area contributed by atoms with E-state index in [0.29, 0.717) is 0 Å². The van der Waals surface area contributed by atoms with Crippen molar-refractivity contribution in [2.75, 3.05) is 0 Å². The predicted molar refractivity (Wildman–Crippen MR) is 29.1 cm³/mol. The minimum Gasteiger partial charge on any atom is -0.412 e. The van der Waals surface area contributed by atoms with Crippen molar-refractivity contribution in [1.82, 2.24) is 0 Å². The summed E-state index contributed by atoms with van der Waals surface area (Å²) >= 11 is 7.28. The molecule has 0 saturated carbocycles. The summed E-state index contributed by atoms with van der Waals surface area (Å²) in [6.07, 6.45) is 0. The summed E-state index contributed by atoms with van der Waals surface area (Å²) in [5, 5.41) is 0. The van der Waals surface area contributed by atoms with Gasteiger partial charge in [-0.1, -0.05) is 0 Å². The zero-order valence-corrected chi connectivity index (χ0v) is 7.08. The van der Waals surface area contributed by atoms with E-state index in [9.17, 15) is 0 Å². The van der Waals surface area contributed by atoms with Crippen molar-refractivity contribution < 1.29 is 20.3 Å². The van der Waals surface area contributed by atoms with Crippen LogP contribution in [0.5, 0.6) is 0 Å². The molecule has 7 heteroatoms. The average Bonchev–Trinajstić information content (AvgIpc) is 1.50. The summed E-state index contributed by atoms with van der Waals surface area (Å²) in [5.41, 5.74) is 0. The van der Waals surface area contributed by atoms with E-state index >= 15 is 0 Å². The number of hydrogen-bond donors (Lipinski definition) is 2. The van der Waals surface area contributed by atoms with Gasteiger partial charge in [-0.3, -0.25) is 9.32 Å². The summed E-state index contributed by atoms with van der Waals surface area (Å²) < 4.78 is 12.9. The van der Waals surface area contributed by atoms with E-state index in [1.54, 1.807) is 0 Å². The Morgan fingerprint density at radius 3 is 0.714 bits per heavy atom. The van der Waals surface area contributed by atoms with Crippen molar-refractivity contribution in [2.24, 2.45) is 0 Å². The van der Waals surface area contributed by atoms with Crippen molar-refractivity contribution in [1.29, 1.82) is 0 Å². The van der Waals surface area contributed by atoms with Crippen LogP contribution < -0.4 is 0 Å². The van der Waals surface area contributed by atoms with Crippen molar-refractivity contribution in [2.45, 2.75) is 0 Å². The van der Waals surface area contributed by atoms with Crippen LogP contribution in [0.15, 0.2) is 0 Å². The molecule has 0 aliphatic rings. The van der Waals surface area contributed by atoms with Crippen LogP contribution in [0.4, 0.5) is 0 Å². The third-order valence-corrected chi connectivity index (χ3v) is 0. The molecule has 0 heterocycles. The van der Waals surface area contributed by atoms with Gasteiger partial charge in [0.25, 0.3) is 0 Å². The fourth-order valence-electron chi connectivity index (χ4n) is 0. The molecule has 0 rings (SSSR count). The second-order valence-electron chi connectivity index (χ2n) is 0. The van der Waals surface area contributed by atoms with E-state index in [1.165, 1.54) is 0 Å². The van der Waals surface area contributed by atoms with E-state index < -0.39 is 0 Å². The maximum atomic E-state index is 6.47. The molecule has 0 aliphatic carbocycles. The molecule has 0 saturated heterocycles. The van der Waals surface area contributed by atoms with Gasteiger partial charge in [0.1, 0.15) is 0 Å². The van der Waals surface area contributed by atoms with Gasteiger partial charge in [0, 0.05) is 37.7 Å². The van der Waals surface area contributed by atoms with Gasteiger partial charge in [-0.15, -0.1) is 0 Å². The van der Waals surface area contributed by atoms with E-state index in [4.69, 9.17) is 9.32 Å². The number of hydrogen-bond acceptors (Lipinski definition) is 2. The Labute approximate surface area is 81.0 Å². The van der Waals surface area contributed by atoms with E-state index in [2.05, 4.69) is 23.7 Å². The predicted octanol–water partition coefficient (Wildman–Crippen LogP) is -1.77. The normalized spacial score (nSPS) is 1.71. The van der Waals surface area contributed by atoms with E-state index in [1.807, 2.05) is 0 Å². The zero-order chi connectivity index (χ0) is 4.00. The van der Waals surface area contributed by atoms with Crippen LogP contribution in [0.1, 0.15) is 0 Å². The van der Waals surface area contributed by atoms with Crippen molar-refractivity contribution in [3.63, 3.8) is 0 Å². The Bertz CT molecular complexity index is 9.65. The molecule has 2 radical (unpaired) electrons. The molecule has 4 nitrogen and oxygen atoms in total. The summed E-state index contributed by atoms with van der Waals surface area (Å²) in [5.74, 6) is 0. The zero-order valence-electron chi connectivity index (χ0n) is 3.36. The van der Waals surface area contributed by atoms with Gasteiger partial charge in [-0.25, -0.2) is 0 Å². The van der Waals surface area contributed by atoms with Crippen molar-refractivity contribution in [3.8, 4) is 0 Å². The van der Waals surface area contributed by atoms with E-state index in [-0.39, 0.29) is 48.7 Å². The second kappa shape index (κ2) is 121. The molecule has 0 fully saturated rings. The minimum atomic E-state index is 0. The van der Waals surface area contributed by atoms with Gasteiger partial charge in [-0.2, -0.15) is 0 Å². The molecule has 7 heavy (non-hydrogen) atoms. The molecule has 0 amide bonds. The van der Waals surface area contributed by atoms with Crippen LogP contribution in [-0.4, -0.2) is 58.0 Å². The third kappa shape index (κ3) is 87.8. The number of halogens is 2. The molecule has 0 aromatic carbocycles. The number of rotatable bonds is 0. The fraction of sp³-hybridized carbons (Fsp3) is 0. The van der Waals surface area contributed by atoms with Crippen LogP contribution in [-0.2, 0) is 0 Å². The Balaban J connectivity index is -0.00000000267. The molecule has 0 aromatic rings. The van der Waals surface area contributed by atoms with Crippen LogP contribution in [0.2, 0.25) is 0 Å². The molecule has 0 aromatic heterocycles. The molecule has 0 unspecified atom stereocenters. The van der Waals surface area contributed by atoms with Gasteiger partial charge in [-0.05, 0) is 0 Å². The molecule has 0 spiro atoms. The second-order valence-corrected chi connectivity index (χ2v) is 0. The minimum absolute atomic E-state index is 0. The Morgan fingerprint density at radius 1 is 0.714 bits per heavy atom. The summed E-state index contributed by atoms with van der Waals surface area (Å²) in [4.78, 5) is 0. The standard InChI is InChI=1S/Ca.2ClHO.2H2O/c;2*1-2;;/h;2*2H;2*1H2. The first-order valence-corrected chi connectivity index (χ1v) is 1.01. The maximum Gasteiger partial charge on any atom is 0.0579 e. The first-order chi connectivity index (χ1) is 2.00. The Kier molecular flexibility index (Phi) is 656. The molecule has 6 N–H and O–H groups in total. The first-order valence-electron chi connectivity index (χ1n) is 0.338. The quantitative estimate of drug-likeness (QED) is 0.432. The van der Waals surface area contributed by atoms with Crippen LogP contribution in [0, 0.1) is 0 Å². The molecule has 0 atom stereocenters. The SMILES string of the molecule is O.O.OCl.OCl.[Ca]. The maximum absolute atomic E-state index is 6.47. The van der Waals surface area contributed by atoms with Gasteiger partial charge in [0.15, 0.2) is 0 Å². The molecule has 0 aliphatic heterocycles. The van der Waals surface area contributed by atoms with Crippen molar-refractivity contribution in [3.05, 3.63) is 0 Å². The summed E-state index contributed by atoms with van der Waals surface area (Å²) in [6, 6.07) is 0. The van der Waals surface area contributed by atoms with Gasteiger partial charge in [0.2, 0.25) is 0 Å². The average molecular weight is 181 g/mol. The van der Waals surface area contributed by atoms with Crippen molar-refractivity contribution >= 4 is 61.5 Å². The van der Waals surface area contributed by atoms with Crippen LogP contribution >= 0.6 is 23.7 Å². The molecule has 0 bridgehead atoms. The monoisotopic (exact) mass is 180 g/mol. The first kappa shape index (κ1) is 37.8. The smallest absolute Gasteiger partial charge is 0.0579 e. The van der Waals surface area contributed by atoms with Gasteiger partial charge in [0.05, 0.1) is 23.7 Å². The van der Waals surface area contributed by atoms with Gasteiger partial charge >= 0.3 is 0 Å². The molecular formula is H6CaCl2O4. The van der Waals surface area contributed by atoms with Crippen LogP contribution in [0.3, 0.4) is 0 Å². The topological polar surface area (TPSA) is 103 Å². The summed E-state index contributed by atoms with van der Waals surface area (Å²) in [7, 11) is 0. The van der Waals surface area contributed by atoms with Gasteiger partial charge < -0.3 is 11.0 Å².